The van der Waals surface area contributed by atoms with Gasteiger partial charge in [0, 0.05) is 22.2 Å². The van der Waals surface area contributed by atoms with Crippen LogP contribution >= 0.6 is 11.6 Å². The van der Waals surface area contributed by atoms with Crippen LogP contribution in [-0.2, 0) is 4.79 Å². The Bertz CT molecular complexity index is 991. The summed E-state index contributed by atoms with van der Waals surface area (Å²) in [6.45, 7) is 0. The van der Waals surface area contributed by atoms with E-state index in [4.69, 9.17) is 21.1 Å². The number of benzene rings is 2. The standard InChI is InChI=1S/C23H26ClN3O4/c1-30-19-11-8-15(12-20(19)31-2)21-25-18-10-9-16(24)13-17(18)23(29)27(21)26-22(28)14-6-4-3-5-7-14/h8-14,21,25H,3-7H2,1-2H3,(H,26,28). The fourth-order valence-corrected chi connectivity index (χ4v) is 4.40. The van der Waals surface area contributed by atoms with Crippen molar-refractivity contribution in [2.45, 2.75) is 38.3 Å². The molecule has 7 nitrogen and oxygen atoms in total. The third-order valence-electron chi connectivity index (χ3n) is 5.91. The minimum Gasteiger partial charge on any atom is -0.493 e. The first kappa shape index (κ1) is 21.3. The minimum atomic E-state index is -0.617. The highest BCUT2D eigenvalue weighted by Crippen LogP contribution is 2.37. The normalized spacial score (nSPS) is 18.7. The predicted molar refractivity (Wildman–Crippen MR) is 118 cm³/mol. The van der Waals surface area contributed by atoms with E-state index in [0.29, 0.717) is 27.8 Å². The first-order chi connectivity index (χ1) is 15.0. The molecular weight excluding hydrogens is 418 g/mol. The molecule has 0 spiro atoms. The molecule has 1 fully saturated rings. The highest BCUT2D eigenvalue weighted by atomic mass is 35.5. The molecule has 1 aliphatic carbocycles. The Labute approximate surface area is 186 Å². The molecule has 4 rings (SSSR count). The van der Waals surface area contributed by atoms with Crippen molar-refractivity contribution in [3.8, 4) is 11.5 Å². The molecule has 0 aromatic heterocycles. The van der Waals surface area contributed by atoms with Gasteiger partial charge in [0.25, 0.3) is 5.91 Å². The van der Waals surface area contributed by atoms with Crippen LogP contribution in [0.25, 0.3) is 0 Å². The second-order valence-corrected chi connectivity index (χ2v) is 8.27. The number of anilines is 1. The number of hydrazine groups is 1. The van der Waals surface area contributed by atoms with E-state index in [1.54, 1.807) is 44.6 Å². The molecule has 8 heteroatoms. The monoisotopic (exact) mass is 443 g/mol. The highest BCUT2D eigenvalue weighted by molar-refractivity contribution is 6.31. The zero-order chi connectivity index (χ0) is 22.0. The fourth-order valence-electron chi connectivity index (χ4n) is 4.22. The SMILES string of the molecule is COc1ccc(C2Nc3ccc(Cl)cc3C(=O)N2NC(=O)C2CCCCC2)cc1OC. The third kappa shape index (κ3) is 4.28. The third-order valence-corrected chi connectivity index (χ3v) is 6.15. The van der Waals surface area contributed by atoms with E-state index in [1.807, 2.05) is 6.07 Å². The maximum absolute atomic E-state index is 13.4. The molecule has 1 atom stereocenters. The van der Waals surface area contributed by atoms with Crippen LogP contribution in [0, 0.1) is 5.92 Å². The van der Waals surface area contributed by atoms with E-state index in [9.17, 15) is 9.59 Å². The maximum Gasteiger partial charge on any atom is 0.276 e. The van der Waals surface area contributed by atoms with Crippen molar-refractivity contribution in [1.82, 2.24) is 10.4 Å². The lowest BCUT2D eigenvalue weighted by atomic mass is 9.89. The van der Waals surface area contributed by atoms with Crippen LogP contribution in [-0.4, -0.2) is 31.0 Å². The number of methoxy groups -OCH3 is 2. The van der Waals surface area contributed by atoms with Gasteiger partial charge >= 0.3 is 0 Å². The molecule has 0 bridgehead atoms. The van der Waals surface area contributed by atoms with Crippen LogP contribution < -0.4 is 20.2 Å². The van der Waals surface area contributed by atoms with Gasteiger partial charge in [-0.15, -0.1) is 0 Å². The van der Waals surface area contributed by atoms with Gasteiger partial charge in [0.2, 0.25) is 5.91 Å². The summed E-state index contributed by atoms with van der Waals surface area (Å²) in [6, 6.07) is 10.5. The second-order valence-electron chi connectivity index (χ2n) is 7.84. The van der Waals surface area contributed by atoms with Crippen LogP contribution in [0.1, 0.15) is 54.2 Å². The summed E-state index contributed by atoms with van der Waals surface area (Å²) in [7, 11) is 3.12. The second kappa shape index (κ2) is 9.06. The van der Waals surface area contributed by atoms with Crippen molar-refractivity contribution in [3.63, 3.8) is 0 Å². The van der Waals surface area contributed by atoms with Crippen LogP contribution in [0.5, 0.6) is 11.5 Å². The minimum absolute atomic E-state index is 0.0895. The van der Waals surface area contributed by atoms with Gasteiger partial charge in [0.05, 0.1) is 19.8 Å². The predicted octanol–water partition coefficient (Wildman–Crippen LogP) is 4.54. The van der Waals surface area contributed by atoms with Gasteiger partial charge in [-0.1, -0.05) is 36.9 Å². The van der Waals surface area contributed by atoms with Crippen LogP contribution in [0.3, 0.4) is 0 Å². The first-order valence-electron chi connectivity index (χ1n) is 10.4. The molecule has 1 unspecified atom stereocenters. The maximum atomic E-state index is 13.4. The number of hydrogen-bond acceptors (Lipinski definition) is 5. The summed E-state index contributed by atoms with van der Waals surface area (Å²) in [6.07, 6.45) is 4.27. The summed E-state index contributed by atoms with van der Waals surface area (Å²) in [5, 5.41) is 5.17. The largest absolute Gasteiger partial charge is 0.493 e. The smallest absolute Gasteiger partial charge is 0.276 e. The number of hydrogen-bond donors (Lipinski definition) is 2. The van der Waals surface area contributed by atoms with Crippen molar-refractivity contribution in [3.05, 3.63) is 52.5 Å². The Balaban J connectivity index is 1.70. The Morgan fingerprint density at radius 1 is 1.06 bits per heavy atom. The van der Waals surface area contributed by atoms with Crippen LogP contribution in [0.15, 0.2) is 36.4 Å². The summed E-state index contributed by atoms with van der Waals surface area (Å²) in [5.74, 6) is 0.576. The van der Waals surface area contributed by atoms with Gasteiger partial charge in [-0.3, -0.25) is 15.0 Å². The zero-order valence-corrected chi connectivity index (χ0v) is 18.4. The average molecular weight is 444 g/mol. The fraction of sp³-hybridized carbons (Fsp3) is 0.391. The number of amides is 2. The molecule has 1 saturated carbocycles. The average Bonchev–Trinajstić information content (AvgIpc) is 2.81. The van der Waals surface area contributed by atoms with E-state index in [-0.39, 0.29) is 17.7 Å². The highest BCUT2D eigenvalue weighted by Gasteiger charge is 2.36. The quantitative estimate of drug-likeness (QED) is 0.709. The summed E-state index contributed by atoms with van der Waals surface area (Å²) >= 11 is 6.13. The summed E-state index contributed by atoms with van der Waals surface area (Å²) < 4.78 is 10.8. The Morgan fingerprint density at radius 2 is 1.81 bits per heavy atom. The Morgan fingerprint density at radius 3 is 2.52 bits per heavy atom. The summed E-state index contributed by atoms with van der Waals surface area (Å²) in [4.78, 5) is 26.4. The summed E-state index contributed by atoms with van der Waals surface area (Å²) in [5.41, 5.74) is 4.69. The molecule has 1 aliphatic heterocycles. The van der Waals surface area contributed by atoms with E-state index in [1.165, 1.54) is 5.01 Å². The Hall–Kier alpha value is -2.93. The number of nitrogens with one attached hydrogen (secondary N) is 2. The van der Waals surface area contributed by atoms with Gasteiger partial charge in [-0.05, 0) is 43.2 Å². The number of halogens is 1. The molecule has 1 heterocycles. The molecular formula is C23H26ClN3O4. The van der Waals surface area contributed by atoms with Gasteiger partial charge < -0.3 is 14.8 Å². The molecule has 2 amide bonds. The van der Waals surface area contributed by atoms with E-state index in [2.05, 4.69) is 10.7 Å². The molecule has 2 aromatic carbocycles. The molecule has 31 heavy (non-hydrogen) atoms. The number of nitrogens with zero attached hydrogens (tertiary/aromatic N) is 1. The molecule has 2 N–H and O–H groups in total. The van der Waals surface area contributed by atoms with Crippen molar-refractivity contribution in [2.24, 2.45) is 5.92 Å². The molecule has 2 aromatic rings. The lowest BCUT2D eigenvalue weighted by Crippen LogP contribution is -2.54. The van der Waals surface area contributed by atoms with Crippen LogP contribution in [0.4, 0.5) is 5.69 Å². The molecule has 2 aliphatic rings. The van der Waals surface area contributed by atoms with E-state index in [0.717, 1.165) is 37.7 Å². The number of ether oxygens (including phenoxy) is 2. The molecule has 0 radical (unpaired) electrons. The number of carbonyl (C=O) groups excluding carboxylic acids is 2. The lowest BCUT2D eigenvalue weighted by molar-refractivity contribution is -0.130. The van der Waals surface area contributed by atoms with Crippen molar-refractivity contribution < 1.29 is 19.1 Å². The van der Waals surface area contributed by atoms with Crippen LogP contribution in [0.2, 0.25) is 5.02 Å². The Kier molecular flexibility index (Phi) is 6.23. The zero-order valence-electron chi connectivity index (χ0n) is 17.6. The van der Waals surface area contributed by atoms with Crippen molar-refractivity contribution in [1.29, 1.82) is 0 Å². The van der Waals surface area contributed by atoms with Crippen molar-refractivity contribution in [2.75, 3.05) is 19.5 Å². The van der Waals surface area contributed by atoms with Gasteiger partial charge in [0.1, 0.15) is 6.17 Å². The number of carbonyl (C=O) groups is 2. The van der Waals surface area contributed by atoms with Gasteiger partial charge in [-0.2, -0.15) is 0 Å². The van der Waals surface area contributed by atoms with E-state index < -0.39 is 6.17 Å². The van der Waals surface area contributed by atoms with E-state index >= 15 is 0 Å². The van der Waals surface area contributed by atoms with Gasteiger partial charge in [-0.25, -0.2) is 5.01 Å². The number of fused-ring (bicyclic) bond motifs is 1. The lowest BCUT2D eigenvalue weighted by Gasteiger charge is -2.39. The molecule has 164 valence electrons. The topological polar surface area (TPSA) is 79.9 Å². The first-order valence-corrected chi connectivity index (χ1v) is 10.8. The molecule has 0 saturated heterocycles. The van der Waals surface area contributed by atoms with Crippen molar-refractivity contribution >= 4 is 29.1 Å². The van der Waals surface area contributed by atoms with Gasteiger partial charge in [0.15, 0.2) is 11.5 Å². The number of rotatable bonds is 5.